The molecular weight excluding hydrogens is 210 g/mol. The lowest BCUT2D eigenvalue weighted by molar-refractivity contribution is -0.0429. The zero-order valence-electron chi connectivity index (χ0n) is 9.33. The number of carboxylic acid groups (broad SMARTS) is 1. The molecule has 0 amide bonds. The van der Waals surface area contributed by atoms with Gasteiger partial charge < -0.3 is 20.3 Å². The van der Waals surface area contributed by atoms with Gasteiger partial charge >= 0.3 is 5.97 Å². The van der Waals surface area contributed by atoms with Crippen molar-refractivity contribution < 1.29 is 19.4 Å². The summed E-state index contributed by atoms with van der Waals surface area (Å²) in [4.78, 5) is 11.0. The van der Waals surface area contributed by atoms with Gasteiger partial charge in [-0.05, 0) is 18.6 Å². The summed E-state index contributed by atoms with van der Waals surface area (Å²) >= 11 is 0. The van der Waals surface area contributed by atoms with Crippen molar-refractivity contribution in [2.75, 3.05) is 5.73 Å². The highest BCUT2D eigenvalue weighted by Crippen LogP contribution is 2.45. The molecule has 2 rings (SSSR count). The van der Waals surface area contributed by atoms with Crippen LogP contribution in [0, 0.1) is 6.92 Å². The van der Waals surface area contributed by atoms with E-state index in [1.165, 1.54) is 6.07 Å². The molecule has 0 saturated carbocycles. The van der Waals surface area contributed by atoms with Crippen molar-refractivity contribution in [1.82, 2.24) is 0 Å². The normalized spacial score (nSPS) is 16.2. The highest BCUT2D eigenvalue weighted by molar-refractivity contribution is 5.93. The monoisotopic (exact) mass is 223 g/mol. The van der Waals surface area contributed by atoms with Gasteiger partial charge in [-0.15, -0.1) is 0 Å². The van der Waals surface area contributed by atoms with E-state index < -0.39 is 11.8 Å². The van der Waals surface area contributed by atoms with E-state index >= 15 is 0 Å². The minimum absolute atomic E-state index is 0.137. The molecule has 1 aromatic carbocycles. The molecule has 0 fully saturated rings. The van der Waals surface area contributed by atoms with E-state index in [9.17, 15) is 4.79 Å². The molecule has 0 spiro atoms. The average molecular weight is 223 g/mol. The third-order valence-corrected chi connectivity index (χ3v) is 2.49. The Kier molecular flexibility index (Phi) is 2.01. The Labute approximate surface area is 92.8 Å². The molecule has 16 heavy (non-hydrogen) atoms. The summed E-state index contributed by atoms with van der Waals surface area (Å²) in [6.45, 7) is 5.12. The summed E-state index contributed by atoms with van der Waals surface area (Å²) in [5.41, 5.74) is 6.77. The lowest BCUT2D eigenvalue weighted by Crippen LogP contribution is -2.29. The zero-order valence-corrected chi connectivity index (χ0v) is 9.33. The maximum absolute atomic E-state index is 11.0. The Morgan fingerprint density at radius 3 is 2.62 bits per heavy atom. The third kappa shape index (κ3) is 1.44. The van der Waals surface area contributed by atoms with Crippen molar-refractivity contribution in [2.24, 2.45) is 0 Å². The molecule has 5 nitrogen and oxygen atoms in total. The van der Waals surface area contributed by atoms with Crippen LogP contribution in [0.5, 0.6) is 11.5 Å². The second-order valence-corrected chi connectivity index (χ2v) is 4.20. The van der Waals surface area contributed by atoms with Crippen LogP contribution in [0.3, 0.4) is 0 Å². The summed E-state index contributed by atoms with van der Waals surface area (Å²) in [5.74, 6) is -1.03. The van der Waals surface area contributed by atoms with Gasteiger partial charge in [0.15, 0.2) is 11.5 Å². The molecule has 3 N–H and O–H groups in total. The van der Waals surface area contributed by atoms with Crippen LogP contribution in [0.25, 0.3) is 0 Å². The molecule has 86 valence electrons. The Morgan fingerprint density at radius 1 is 1.44 bits per heavy atom. The summed E-state index contributed by atoms with van der Waals surface area (Å²) in [7, 11) is 0. The smallest absolute Gasteiger partial charge is 0.336 e. The molecule has 1 heterocycles. The van der Waals surface area contributed by atoms with Crippen molar-refractivity contribution in [3.63, 3.8) is 0 Å². The number of anilines is 1. The summed E-state index contributed by atoms with van der Waals surface area (Å²) in [6, 6.07) is 1.44. The summed E-state index contributed by atoms with van der Waals surface area (Å²) in [6.07, 6.45) is 0. The lowest BCUT2D eigenvalue weighted by atomic mass is 10.1. The minimum atomic E-state index is -1.03. The number of aromatic carboxylic acids is 1. The van der Waals surface area contributed by atoms with Crippen LogP contribution in [0.2, 0.25) is 0 Å². The van der Waals surface area contributed by atoms with E-state index in [4.69, 9.17) is 20.3 Å². The van der Waals surface area contributed by atoms with Crippen LogP contribution in [0.4, 0.5) is 5.69 Å². The van der Waals surface area contributed by atoms with Crippen LogP contribution in [-0.2, 0) is 0 Å². The maximum atomic E-state index is 11.0. The quantitative estimate of drug-likeness (QED) is 0.709. The van der Waals surface area contributed by atoms with E-state index in [2.05, 4.69) is 0 Å². The van der Waals surface area contributed by atoms with Crippen LogP contribution in [-0.4, -0.2) is 16.9 Å². The van der Waals surface area contributed by atoms with E-state index in [0.717, 1.165) is 0 Å². The first-order valence-electron chi connectivity index (χ1n) is 4.86. The fourth-order valence-electron chi connectivity index (χ4n) is 1.69. The van der Waals surface area contributed by atoms with Crippen molar-refractivity contribution in [2.45, 2.75) is 26.6 Å². The first-order valence-corrected chi connectivity index (χ1v) is 4.86. The number of carbonyl (C=O) groups is 1. The van der Waals surface area contributed by atoms with Crippen LogP contribution < -0.4 is 15.2 Å². The lowest BCUT2D eigenvalue weighted by Gasteiger charge is -2.16. The van der Waals surface area contributed by atoms with E-state index in [-0.39, 0.29) is 5.56 Å². The van der Waals surface area contributed by atoms with Crippen LogP contribution >= 0.6 is 0 Å². The van der Waals surface area contributed by atoms with Crippen LogP contribution in [0.1, 0.15) is 29.8 Å². The predicted molar refractivity (Wildman–Crippen MR) is 57.9 cm³/mol. The number of hydrogen-bond acceptors (Lipinski definition) is 4. The van der Waals surface area contributed by atoms with Gasteiger partial charge in [0.25, 0.3) is 0 Å². The fourth-order valence-corrected chi connectivity index (χ4v) is 1.69. The highest BCUT2D eigenvalue weighted by Gasteiger charge is 2.35. The largest absolute Gasteiger partial charge is 0.478 e. The Bertz CT molecular complexity index is 479. The second kappa shape index (κ2) is 3.04. The zero-order chi connectivity index (χ0) is 12.1. The third-order valence-electron chi connectivity index (χ3n) is 2.49. The number of fused-ring (bicyclic) bond motifs is 1. The van der Waals surface area contributed by atoms with Crippen molar-refractivity contribution in [3.05, 3.63) is 17.2 Å². The van der Waals surface area contributed by atoms with Gasteiger partial charge in [-0.3, -0.25) is 0 Å². The molecule has 0 atom stereocenters. The van der Waals surface area contributed by atoms with Gasteiger partial charge in [-0.25, -0.2) is 4.79 Å². The van der Waals surface area contributed by atoms with E-state index in [1.54, 1.807) is 20.8 Å². The van der Waals surface area contributed by atoms with Crippen LogP contribution in [0.15, 0.2) is 6.07 Å². The second-order valence-electron chi connectivity index (χ2n) is 4.20. The Hall–Kier alpha value is -1.91. The number of ether oxygens (including phenoxy) is 2. The molecule has 0 bridgehead atoms. The topological polar surface area (TPSA) is 81.8 Å². The van der Waals surface area contributed by atoms with E-state index in [1.807, 2.05) is 0 Å². The molecule has 0 unspecified atom stereocenters. The average Bonchev–Trinajstić information content (AvgIpc) is 2.46. The molecule has 0 saturated heterocycles. The molecule has 1 aliphatic rings. The number of hydrogen-bond donors (Lipinski definition) is 2. The summed E-state index contributed by atoms with van der Waals surface area (Å²) in [5, 5.41) is 9.00. The van der Waals surface area contributed by atoms with Gasteiger partial charge in [0.1, 0.15) is 0 Å². The first kappa shape index (κ1) is 10.6. The fraction of sp³-hybridized carbons (Fsp3) is 0.364. The Balaban J connectivity index is 2.62. The SMILES string of the molecule is Cc1c(C(=O)O)cc2c(c1N)OC(C)(C)O2. The standard InChI is InChI=1S/C11H13NO4/c1-5-6(10(13)14)4-7-9(8(5)12)16-11(2,3)15-7/h4H,12H2,1-3H3,(H,13,14). The van der Waals surface area contributed by atoms with Gasteiger partial charge in [0.05, 0.1) is 11.3 Å². The van der Waals surface area contributed by atoms with E-state index in [0.29, 0.717) is 22.7 Å². The molecule has 0 radical (unpaired) electrons. The van der Waals surface area contributed by atoms with Crippen molar-refractivity contribution in [1.29, 1.82) is 0 Å². The number of nitrogen functional groups attached to an aromatic ring is 1. The molecule has 1 aromatic rings. The predicted octanol–water partition coefficient (Wildman–Crippen LogP) is 1.78. The molecular formula is C11H13NO4. The van der Waals surface area contributed by atoms with Gasteiger partial charge in [-0.1, -0.05) is 0 Å². The van der Waals surface area contributed by atoms with Crippen molar-refractivity contribution in [3.8, 4) is 11.5 Å². The molecule has 5 heteroatoms. The molecule has 0 aromatic heterocycles. The highest BCUT2D eigenvalue weighted by atomic mass is 16.7. The van der Waals surface area contributed by atoms with Crippen molar-refractivity contribution >= 4 is 11.7 Å². The minimum Gasteiger partial charge on any atom is -0.478 e. The number of benzene rings is 1. The van der Waals surface area contributed by atoms with Gasteiger partial charge in [-0.2, -0.15) is 0 Å². The maximum Gasteiger partial charge on any atom is 0.336 e. The molecule has 0 aliphatic carbocycles. The number of rotatable bonds is 1. The summed E-state index contributed by atoms with van der Waals surface area (Å²) < 4.78 is 11.0. The number of carboxylic acids is 1. The Morgan fingerprint density at radius 2 is 2.06 bits per heavy atom. The number of nitrogens with two attached hydrogens (primary N) is 1. The van der Waals surface area contributed by atoms with Gasteiger partial charge in [0, 0.05) is 13.8 Å². The molecule has 1 aliphatic heterocycles. The van der Waals surface area contributed by atoms with Gasteiger partial charge in [0.2, 0.25) is 5.79 Å². The first-order chi connectivity index (χ1) is 7.32.